The second-order valence-electron chi connectivity index (χ2n) is 4.52. The Bertz CT molecular complexity index is 296. The van der Waals surface area contributed by atoms with Crippen LogP contribution in [-0.2, 0) is 6.42 Å². The molecule has 0 amide bonds. The Kier molecular flexibility index (Phi) is 5.47. The van der Waals surface area contributed by atoms with Gasteiger partial charge in [-0.3, -0.25) is 0 Å². The molecule has 82 valence electrons. The average molecular weight is 265 g/mol. The Balaban J connectivity index is 2.85. The van der Waals surface area contributed by atoms with Gasteiger partial charge in [0, 0.05) is 0 Å². The van der Waals surface area contributed by atoms with Gasteiger partial charge < -0.3 is 0 Å². The van der Waals surface area contributed by atoms with Crippen LogP contribution < -0.4 is 0 Å². The fraction of sp³-hybridized carbons (Fsp3) is 0.538. The van der Waals surface area contributed by atoms with Gasteiger partial charge >= 0.3 is 97.9 Å². The Labute approximate surface area is 97.9 Å². The van der Waals surface area contributed by atoms with E-state index in [-0.39, 0.29) is 6.67 Å². The molecule has 0 saturated heterocycles. The Morgan fingerprint density at radius 1 is 1.27 bits per heavy atom. The molecule has 0 spiro atoms. The first-order chi connectivity index (χ1) is 7.16. The van der Waals surface area contributed by atoms with Crippen LogP contribution in [0.4, 0.5) is 4.39 Å². The molecule has 1 unspecified atom stereocenters. The summed E-state index contributed by atoms with van der Waals surface area (Å²) >= 11 is -1.10. The molecule has 15 heavy (non-hydrogen) atoms. The number of rotatable bonds is 5. The molecule has 0 aromatic heterocycles. The summed E-state index contributed by atoms with van der Waals surface area (Å²) in [5.41, 5.74) is 7.68. The van der Waals surface area contributed by atoms with E-state index in [1.807, 2.05) is 0 Å². The summed E-state index contributed by atoms with van der Waals surface area (Å²) in [6, 6.07) is 8.56. The van der Waals surface area contributed by atoms with Crippen molar-refractivity contribution in [1.82, 2.24) is 0 Å². The summed E-state index contributed by atoms with van der Waals surface area (Å²) in [5, 5.41) is 0. The predicted molar refractivity (Wildman–Crippen MR) is 66.6 cm³/mol. The summed E-state index contributed by atoms with van der Waals surface area (Å²) in [4.78, 5) is 0. The first kappa shape index (κ1) is 12.9. The molecule has 0 aliphatic heterocycles. The van der Waals surface area contributed by atoms with Crippen LogP contribution in [0.25, 0.3) is 0 Å². The second-order valence-corrected chi connectivity index (χ2v) is 11.8. The minimum atomic E-state index is -1.10. The zero-order valence-electron chi connectivity index (χ0n) is 9.96. The summed E-state index contributed by atoms with van der Waals surface area (Å²) < 4.78 is 12.9. The number of halogens is 1. The van der Waals surface area contributed by atoms with Crippen molar-refractivity contribution in [3.8, 4) is 0 Å². The van der Waals surface area contributed by atoms with E-state index >= 15 is 0 Å². The monoisotopic (exact) mass is 264 g/mol. The van der Waals surface area contributed by atoms with Gasteiger partial charge in [-0.2, -0.15) is 0 Å². The topological polar surface area (TPSA) is 0 Å². The van der Waals surface area contributed by atoms with Crippen LogP contribution in [0.3, 0.4) is 0 Å². The number of alkyl halides is 1. The van der Waals surface area contributed by atoms with Crippen LogP contribution in [0.5, 0.6) is 0 Å². The molecule has 2 heteroatoms. The molecule has 0 bridgehead atoms. The fourth-order valence-electron chi connectivity index (χ4n) is 1.82. The summed E-state index contributed by atoms with van der Waals surface area (Å²) in [7, 11) is 0. The van der Waals surface area contributed by atoms with E-state index in [2.05, 4.69) is 42.1 Å². The van der Waals surface area contributed by atoms with Crippen molar-refractivity contribution in [3.63, 3.8) is 0 Å². The van der Waals surface area contributed by atoms with Gasteiger partial charge in [-0.15, -0.1) is 0 Å². The summed E-state index contributed by atoms with van der Waals surface area (Å²) in [5.74, 6) is 0. The third kappa shape index (κ3) is 3.69. The van der Waals surface area contributed by atoms with E-state index in [4.69, 9.17) is 0 Å². The Hall–Kier alpha value is -0.214. The molecule has 0 radical (unpaired) electrons. The molecular formula is C13H20FGa. The molecule has 0 fully saturated rings. The summed E-state index contributed by atoms with van der Waals surface area (Å²) in [6.07, 6.45) is 1.56. The van der Waals surface area contributed by atoms with Crippen molar-refractivity contribution >= 4 is 16.2 Å². The number of hydrogen-bond acceptors (Lipinski definition) is 0. The maximum absolute atomic E-state index is 12.2. The first-order valence-electron chi connectivity index (χ1n) is 5.80. The van der Waals surface area contributed by atoms with Crippen molar-refractivity contribution in [2.45, 2.75) is 35.2 Å². The van der Waals surface area contributed by atoms with Crippen LogP contribution >= 0.6 is 0 Å². The predicted octanol–water partition coefficient (Wildman–Crippen LogP) is 3.99. The zero-order valence-corrected chi connectivity index (χ0v) is 12.4. The maximum atomic E-state index is 12.2. The van der Waals surface area contributed by atoms with Gasteiger partial charge in [-0.25, -0.2) is 0 Å². The van der Waals surface area contributed by atoms with Crippen LogP contribution in [0.15, 0.2) is 24.3 Å². The van der Waals surface area contributed by atoms with Gasteiger partial charge in [0.25, 0.3) is 0 Å². The van der Waals surface area contributed by atoms with E-state index < -0.39 is 16.2 Å². The van der Waals surface area contributed by atoms with E-state index in [0.717, 1.165) is 10.9 Å². The molecule has 0 aliphatic carbocycles. The molecule has 1 rings (SSSR count). The van der Waals surface area contributed by atoms with E-state index in [9.17, 15) is 4.39 Å². The molecular weight excluding hydrogens is 245 g/mol. The van der Waals surface area contributed by atoms with Gasteiger partial charge in [0.1, 0.15) is 0 Å². The van der Waals surface area contributed by atoms with E-state index in [0.29, 0.717) is 6.42 Å². The standard InChI is InChI=1S/C11H14F.2CH3.Ga/c1-2-10-6-3-4-7-11(10)8-5-9-12;;;/h2-4,6-7H,5,8-9H2,1H3;2*1H3;. The average Bonchev–Trinajstić information content (AvgIpc) is 2.25. The van der Waals surface area contributed by atoms with Crippen LogP contribution in [0.2, 0.25) is 11.0 Å². The first-order valence-corrected chi connectivity index (χ1v) is 12.0. The molecule has 1 aromatic rings. The van der Waals surface area contributed by atoms with Crippen LogP contribution in [0.1, 0.15) is 28.9 Å². The van der Waals surface area contributed by atoms with Crippen molar-refractivity contribution in [2.75, 3.05) is 6.67 Å². The van der Waals surface area contributed by atoms with Crippen molar-refractivity contribution in [2.24, 2.45) is 0 Å². The second kappa shape index (κ2) is 6.39. The van der Waals surface area contributed by atoms with Crippen molar-refractivity contribution in [3.05, 3.63) is 35.4 Å². The molecule has 0 aliphatic rings. The van der Waals surface area contributed by atoms with Gasteiger partial charge in [0.05, 0.1) is 0 Å². The molecule has 1 atom stereocenters. The van der Waals surface area contributed by atoms with Crippen molar-refractivity contribution < 1.29 is 4.39 Å². The van der Waals surface area contributed by atoms with Gasteiger partial charge in [-0.05, 0) is 0 Å². The van der Waals surface area contributed by atoms with Gasteiger partial charge in [0.15, 0.2) is 0 Å². The van der Waals surface area contributed by atoms with Crippen LogP contribution in [-0.4, -0.2) is 22.9 Å². The SMILES string of the molecule is C[CH](c1ccccc1CCCF)[Ga]([CH3])[CH3]. The van der Waals surface area contributed by atoms with E-state index in [1.165, 1.54) is 11.1 Å². The Morgan fingerprint density at radius 2 is 1.93 bits per heavy atom. The molecule has 1 aromatic carbocycles. The summed E-state index contributed by atoms with van der Waals surface area (Å²) in [6.45, 7) is 2.13. The number of benzene rings is 1. The van der Waals surface area contributed by atoms with Gasteiger partial charge in [-0.1, -0.05) is 0 Å². The third-order valence-electron chi connectivity index (χ3n) is 3.13. The van der Waals surface area contributed by atoms with E-state index in [1.54, 1.807) is 0 Å². The van der Waals surface area contributed by atoms with Gasteiger partial charge in [0.2, 0.25) is 0 Å². The number of aryl methyl sites for hydroxylation is 1. The normalized spacial score (nSPS) is 12.5. The van der Waals surface area contributed by atoms with Crippen LogP contribution in [0, 0.1) is 0 Å². The zero-order chi connectivity index (χ0) is 11.3. The Morgan fingerprint density at radius 3 is 2.53 bits per heavy atom. The molecule has 0 saturated carbocycles. The quantitative estimate of drug-likeness (QED) is 0.706. The number of hydrogen-bond donors (Lipinski definition) is 0. The molecule has 0 heterocycles. The fourth-order valence-corrected chi connectivity index (χ4v) is 4.01. The molecule has 0 N–H and O–H groups in total. The molecule has 0 nitrogen and oxygen atoms in total. The third-order valence-corrected chi connectivity index (χ3v) is 8.08. The minimum absolute atomic E-state index is 0.203. The van der Waals surface area contributed by atoms with Crippen molar-refractivity contribution in [1.29, 1.82) is 0 Å².